The van der Waals surface area contributed by atoms with E-state index in [-0.39, 0.29) is 50.1 Å². The molecule has 37 heavy (non-hydrogen) atoms. The molecule has 4 rings (SSSR count). The Morgan fingerprint density at radius 2 is 1.84 bits per heavy atom. The van der Waals surface area contributed by atoms with Crippen molar-refractivity contribution in [3.63, 3.8) is 0 Å². The molecule has 2 heterocycles. The molecule has 0 aromatic heterocycles. The molecule has 0 N–H and O–H groups in total. The number of ether oxygens (including phenoxy) is 5. The first-order valence-corrected chi connectivity index (χ1v) is 12.8. The third-order valence-corrected chi connectivity index (χ3v) is 6.83. The van der Waals surface area contributed by atoms with Gasteiger partial charge in [-0.05, 0) is 41.3 Å². The number of hydrogen-bond donors (Lipinski definition) is 0. The monoisotopic (exact) mass is 534 g/mol. The molecule has 9 heteroatoms. The maximum atomic E-state index is 14.0. The summed E-state index contributed by atoms with van der Waals surface area (Å²) in [6.07, 6.45) is 0.782. The predicted octanol–water partition coefficient (Wildman–Crippen LogP) is 5.15. The van der Waals surface area contributed by atoms with Crippen molar-refractivity contribution in [1.82, 2.24) is 0 Å². The van der Waals surface area contributed by atoms with Crippen molar-refractivity contribution < 1.29 is 37.7 Å². The highest BCUT2D eigenvalue weighted by atomic mass is 35.5. The first kappa shape index (κ1) is 27.4. The van der Waals surface area contributed by atoms with Crippen LogP contribution in [-0.2, 0) is 35.0 Å². The summed E-state index contributed by atoms with van der Waals surface area (Å²) in [6, 6.07) is 13.4. The topological polar surface area (TPSA) is 80.3 Å². The SMILES string of the molecule is CC(=O)OCC1CC(OC(C)=O)CC(c2ccc(Cl)c(Cc3ccc(OCCC4(F)COC4)cc3)c2)O1. The van der Waals surface area contributed by atoms with Crippen molar-refractivity contribution in [2.45, 2.75) is 63.5 Å². The smallest absolute Gasteiger partial charge is 0.302 e. The molecule has 2 aliphatic heterocycles. The summed E-state index contributed by atoms with van der Waals surface area (Å²) >= 11 is 6.52. The standard InChI is InChI=1S/C28H32ClFO7/c1-18(31)35-15-25-13-24(36-19(2)32)14-27(37-25)21-5-8-26(29)22(12-21)11-20-3-6-23(7-4-20)34-10-9-28(30)16-33-17-28/h3-8,12,24-25,27H,9-11,13-17H2,1-2H3. The average molecular weight is 535 g/mol. The molecule has 2 fully saturated rings. The molecule has 3 unspecified atom stereocenters. The summed E-state index contributed by atoms with van der Waals surface area (Å²) in [4.78, 5) is 22.9. The molecule has 0 amide bonds. The van der Waals surface area contributed by atoms with E-state index in [1.165, 1.54) is 13.8 Å². The lowest BCUT2D eigenvalue weighted by atomic mass is 9.94. The minimum Gasteiger partial charge on any atom is -0.493 e. The minimum atomic E-state index is -1.26. The van der Waals surface area contributed by atoms with Crippen molar-refractivity contribution >= 4 is 23.5 Å². The van der Waals surface area contributed by atoms with Crippen molar-refractivity contribution in [2.24, 2.45) is 0 Å². The number of alkyl halides is 1. The van der Waals surface area contributed by atoms with Crippen LogP contribution in [0.3, 0.4) is 0 Å². The summed E-state index contributed by atoms with van der Waals surface area (Å²) < 4.78 is 41.4. The summed E-state index contributed by atoms with van der Waals surface area (Å²) in [5, 5.41) is 0.629. The maximum absolute atomic E-state index is 14.0. The van der Waals surface area contributed by atoms with Gasteiger partial charge in [0.2, 0.25) is 0 Å². The molecule has 2 saturated heterocycles. The third-order valence-electron chi connectivity index (χ3n) is 6.46. The Morgan fingerprint density at radius 1 is 1.08 bits per heavy atom. The average Bonchev–Trinajstić information content (AvgIpc) is 2.83. The van der Waals surface area contributed by atoms with Crippen molar-refractivity contribution in [3.05, 3.63) is 64.2 Å². The molecule has 0 saturated carbocycles. The number of benzene rings is 2. The van der Waals surface area contributed by atoms with E-state index in [0.29, 0.717) is 43.1 Å². The zero-order chi connectivity index (χ0) is 26.4. The Kier molecular flexibility index (Phi) is 9.05. The number of carbonyl (C=O) groups excluding carboxylic acids is 2. The van der Waals surface area contributed by atoms with Gasteiger partial charge < -0.3 is 23.7 Å². The van der Waals surface area contributed by atoms with E-state index in [2.05, 4.69) is 0 Å². The number of rotatable bonds is 10. The van der Waals surface area contributed by atoms with Crippen LogP contribution in [0.1, 0.15) is 55.9 Å². The van der Waals surface area contributed by atoms with Gasteiger partial charge in [0, 0.05) is 38.1 Å². The molecule has 7 nitrogen and oxygen atoms in total. The Bertz CT molecular complexity index is 1090. The fourth-order valence-electron chi connectivity index (χ4n) is 4.51. The molecule has 2 aromatic carbocycles. The second-order valence-corrected chi connectivity index (χ2v) is 10.1. The summed E-state index contributed by atoms with van der Waals surface area (Å²) in [5.74, 6) is -0.0695. The molecular formula is C28H32ClFO7. The lowest BCUT2D eigenvalue weighted by molar-refractivity contribution is -0.169. The predicted molar refractivity (Wildman–Crippen MR) is 135 cm³/mol. The van der Waals surface area contributed by atoms with Gasteiger partial charge >= 0.3 is 11.9 Å². The van der Waals surface area contributed by atoms with Crippen LogP contribution in [0, 0.1) is 0 Å². The van der Waals surface area contributed by atoms with E-state index in [9.17, 15) is 14.0 Å². The van der Waals surface area contributed by atoms with Gasteiger partial charge in [-0.25, -0.2) is 4.39 Å². The van der Waals surface area contributed by atoms with Gasteiger partial charge in [-0.3, -0.25) is 9.59 Å². The van der Waals surface area contributed by atoms with Gasteiger partial charge in [0.15, 0.2) is 5.67 Å². The second kappa shape index (κ2) is 12.2. The zero-order valence-electron chi connectivity index (χ0n) is 21.0. The molecular weight excluding hydrogens is 503 g/mol. The van der Waals surface area contributed by atoms with Crippen LogP contribution < -0.4 is 4.74 Å². The lowest BCUT2D eigenvalue weighted by Gasteiger charge is -2.35. The first-order chi connectivity index (χ1) is 17.7. The third kappa shape index (κ3) is 7.90. The molecule has 0 spiro atoms. The summed E-state index contributed by atoms with van der Waals surface area (Å²) in [7, 11) is 0. The normalized spacial score (nSPS) is 22.5. The van der Waals surface area contributed by atoms with Crippen LogP contribution in [0.2, 0.25) is 5.02 Å². The van der Waals surface area contributed by atoms with Crippen LogP contribution >= 0.6 is 11.6 Å². The highest BCUT2D eigenvalue weighted by Crippen LogP contribution is 2.35. The lowest BCUT2D eigenvalue weighted by Crippen LogP contribution is -2.46. The highest BCUT2D eigenvalue weighted by Gasteiger charge is 2.38. The Morgan fingerprint density at radius 3 is 2.49 bits per heavy atom. The molecule has 3 atom stereocenters. The second-order valence-electron chi connectivity index (χ2n) is 9.67. The molecule has 2 aliphatic rings. The number of halogens is 2. The van der Waals surface area contributed by atoms with Crippen molar-refractivity contribution in [2.75, 3.05) is 26.4 Å². The summed E-state index contributed by atoms with van der Waals surface area (Å²) in [6.45, 7) is 3.39. The van der Waals surface area contributed by atoms with Gasteiger partial charge in [-0.15, -0.1) is 0 Å². The van der Waals surface area contributed by atoms with Crippen LogP contribution in [0.5, 0.6) is 5.75 Å². The maximum Gasteiger partial charge on any atom is 0.302 e. The van der Waals surface area contributed by atoms with Crippen molar-refractivity contribution in [1.29, 1.82) is 0 Å². The molecule has 200 valence electrons. The van der Waals surface area contributed by atoms with Gasteiger partial charge in [-0.1, -0.05) is 35.9 Å². The summed E-state index contributed by atoms with van der Waals surface area (Å²) in [5.41, 5.74) is 1.61. The molecule has 2 aromatic rings. The molecule has 0 radical (unpaired) electrons. The Balaban J connectivity index is 1.40. The Labute approximate surface area is 221 Å². The van der Waals surface area contributed by atoms with Crippen LogP contribution in [0.25, 0.3) is 0 Å². The van der Waals surface area contributed by atoms with E-state index in [1.807, 2.05) is 42.5 Å². The zero-order valence-corrected chi connectivity index (χ0v) is 21.8. The van der Waals surface area contributed by atoms with E-state index in [1.54, 1.807) is 0 Å². The van der Waals surface area contributed by atoms with Crippen molar-refractivity contribution in [3.8, 4) is 5.75 Å². The quantitative estimate of drug-likeness (QED) is 0.390. The van der Waals surface area contributed by atoms with Crippen LogP contribution in [0.4, 0.5) is 4.39 Å². The number of hydrogen-bond acceptors (Lipinski definition) is 7. The largest absolute Gasteiger partial charge is 0.493 e. The minimum absolute atomic E-state index is 0.0958. The van der Waals surface area contributed by atoms with E-state index in [4.69, 9.17) is 35.3 Å². The van der Waals surface area contributed by atoms with Gasteiger partial charge in [0.25, 0.3) is 0 Å². The van der Waals surface area contributed by atoms with E-state index < -0.39 is 5.67 Å². The Hall–Kier alpha value is -2.68. The van der Waals surface area contributed by atoms with Crippen LogP contribution in [-0.4, -0.2) is 56.2 Å². The fraction of sp³-hybridized carbons (Fsp3) is 0.500. The highest BCUT2D eigenvalue weighted by molar-refractivity contribution is 6.31. The van der Waals surface area contributed by atoms with Crippen LogP contribution in [0.15, 0.2) is 42.5 Å². The molecule has 0 bridgehead atoms. The van der Waals surface area contributed by atoms with E-state index in [0.717, 1.165) is 16.7 Å². The first-order valence-electron chi connectivity index (χ1n) is 12.4. The van der Waals surface area contributed by atoms with Gasteiger partial charge in [0.1, 0.15) is 18.5 Å². The van der Waals surface area contributed by atoms with Gasteiger partial charge in [0.05, 0.1) is 32.0 Å². The van der Waals surface area contributed by atoms with E-state index >= 15 is 0 Å². The molecule has 0 aliphatic carbocycles. The number of esters is 2. The fourth-order valence-corrected chi connectivity index (χ4v) is 4.69. The van der Waals surface area contributed by atoms with Gasteiger partial charge in [-0.2, -0.15) is 0 Å². The number of carbonyl (C=O) groups is 2.